The molecule has 0 fully saturated rings. The van der Waals surface area contributed by atoms with Crippen LogP contribution in [0.1, 0.15) is 64.7 Å². The Hall–Kier alpha value is -4.41. The van der Waals surface area contributed by atoms with Crippen molar-refractivity contribution in [1.82, 2.24) is 4.98 Å². The SMILES string of the molecule is COC(=O)c1cc(COC(=O)c2cccc(C(=O)OCc3cc(C(=O)OC)c(C)o3)n2)oc1C. The molecule has 0 atom stereocenters. The van der Waals surface area contributed by atoms with Crippen molar-refractivity contribution in [2.24, 2.45) is 0 Å². The Morgan fingerprint density at radius 2 is 1.15 bits per heavy atom. The first kappa shape index (κ1) is 24.2. The molecule has 34 heavy (non-hydrogen) atoms. The fourth-order valence-electron chi connectivity index (χ4n) is 2.94. The zero-order chi connectivity index (χ0) is 24.8. The minimum atomic E-state index is -0.812. The molecule has 0 radical (unpaired) electrons. The third kappa shape index (κ3) is 5.49. The van der Waals surface area contributed by atoms with Crippen molar-refractivity contribution >= 4 is 23.9 Å². The Bertz CT molecular complexity index is 1140. The van der Waals surface area contributed by atoms with Crippen LogP contribution in [0.2, 0.25) is 0 Å². The Kier molecular flexibility index (Phi) is 7.46. The number of aromatic nitrogens is 1. The number of esters is 4. The van der Waals surface area contributed by atoms with Gasteiger partial charge in [-0.15, -0.1) is 0 Å². The van der Waals surface area contributed by atoms with Gasteiger partial charge in [0.15, 0.2) is 0 Å². The lowest BCUT2D eigenvalue weighted by Gasteiger charge is -2.05. The van der Waals surface area contributed by atoms with Gasteiger partial charge in [-0.2, -0.15) is 0 Å². The summed E-state index contributed by atoms with van der Waals surface area (Å²) >= 11 is 0. The first-order chi connectivity index (χ1) is 16.2. The number of carbonyl (C=O) groups is 4. The molecule has 0 saturated heterocycles. The Morgan fingerprint density at radius 3 is 1.53 bits per heavy atom. The maximum atomic E-state index is 12.4. The Morgan fingerprint density at radius 1 is 0.735 bits per heavy atom. The second kappa shape index (κ2) is 10.5. The minimum Gasteiger partial charge on any atom is -0.465 e. The zero-order valence-electron chi connectivity index (χ0n) is 18.8. The van der Waals surface area contributed by atoms with Gasteiger partial charge < -0.3 is 27.8 Å². The van der Waals surface area contributed by atoms with Gasteiger partial charge in [-0.1, -0.05) is 6.07 Å². The van der Waals surface area contributed by atoms with Gasteiger partial charge in [-0.25, -0.2) is 24.2 Å². The molecule has 0 bridgehead atoms. The number of ether oxygens (including phenoxy) is 4. The van der Waals surface area contributed by atoms with E-state index in [-0.39, 0.29) is 47.2 Å². The predicted molar refractivity (Wildman–Crippen MR) is 112 cm³/mol. The lowest BCUT2D eigenvalue weighted by atomic mass is 10.2. The van der Waals surface area contributed by atoms with E-state index in [1.54, 1.807) is 13.8 Å². The van der Waals surface area contributed by atoms with E-state index in [9.17, 15) is 19.2 Å². The molecule has 0 aliphatic carbocycles. The molecule has 3 aromatic rings. The van der Waals surface area contributed by atoms with E-state index in [1.165, 1.54) is 44.6 Å². The fourth-order valence-corrected chi connectivity index (χ4v) is 2.94. The first-order valence-corrected chi connectivity index (χ1v) is 9.90. The molecule has 0 N–H and O–H groups in total. The molecule has 0 aliphatic rings. The minimum absolute atomic E-state index is 0.132. The van der Waals surface area contributed by atoms with Crippen molar-refractivity contribution in [3.63, 3.8) is 0 Å². The highest BCUT2D eigenvalue weighted by Crippen LogP contribution is 2.18. The molecular weight excluding hydrogens is 450 g/mol. The molecule has 11 nitrogen and oxygen atoms in total. The summed E-state index contributed by atoms with van der Waals surface area (Å²) in [5.41, 5.74) is 0.184. The molecule has 3 aromatic heterocycles. The van der Waals surface area contributed by atoms with Gasteiger partial charge in [0.05, 0.1) is 14.2 Å². The van der Waals surface area contributed by atoms with Crippen LogP contribution in [0.25, 0.3) is 0 Å². The number of nitrogens with zero attached hydrogens (tertiary/aromatic N) is 1. The monoisotopic (exact) mass is 471 g/mol. The number of pyridine rings is 1. The average molecular weight is 471 g/mol. The highest BCUT2D eigenvalue weighted by molar-refractivity contribution is 5.92. The Balaban J connectivity index is 1.60. The summed E-state index contributed by atoms with van der Waals surface area (Å²) < 4.78 is 30.4. The number of methoxy groups -OCH3 is 2. The van der Waals surface area contributed by atoms with Crippen LogP contribution in [0.15, 0.2) is 39.2 Å². The largest absolute Gasteiger partial charge is 0.465 e. The number of hydrogen-bond acceptors (Lipinski definition) is 11. The van der Waals surface area contributed by atoms with Crippen LogP contribution in [0, 0.1) is 13.8 Å². The van der Waals surface area contributed by atoms with Crippen LogP contribution in [0.3, 0.4) is 0 Å². The molecular formula is C23H21NO10. The summed E-state index contributed by atoms with van der Waals surface area (Å²) in [6.07, 6.45) is 0. The van der Waals surface area contributed by atoms with E-state index in [1.807, 2.05) is 0 Å². The van der Waals surface area contributed by atoms with Crippen molar-refractivity contribution in [3.05, 3.63) is 75.9 Å². The van der Waals surface area contributed by atoms with Crippen molar-refractivity contribution < 1.29 is 47.0 Å². The lowest BCUT2D eigenvalue weighted by Crippen LogP contribution is -2.12. The molecule has 11 heteroatoms. The Labute approximate surface area is 193 Å². The number of carbonyl (C=O) groups excluding carboxylic acids is 4. The van der Waals surface area contributed by atoms with Crippen molar-refractivity contribution in [3.8, 4) is 0 Å². The number of furan rings is 2. The van der Waals surface area contributed by atoms with Gasteiger partial charge in [-0.05, 0) is 38.1 Å². The molecule has 0 aliphatic heterocycles. The zero-order valence-corrected chi connectivity index (χ0v) is 18.8. The highest BCUT2D eigenvalue weighted by atomic mass is 16.6. The molecule has 3 rings (SSSR count). The van der Waals surface area contributed by atoms with Gasteiger partial charge in [-0.3, -0.25) is 0 Å². The topological polar surface area (TPSA) is 144 Å². The van der Waals surface area contributed by atoms with Crippen LogP contribution >= 0.6 is 0 Å². The van der Waals surface area contributed by atoms with E-state index in [2.05, 4.69) is 14.5 Å². The fraction of sp³-hybridized carbons (Fsp3) is 0.261. The van der Waals surface area contributed by atoms with Crippen LogP contribution in [0.4, 0.5) is 0 Å². The standard InChI is InChI=1S/C23H21NO10/c1-12-16(20(25)29-3)8-14(33-12)10-31-22(27)18-6-5-7-19(24-18)23(28)32-11-15-9-17(13(2)34-15)21(26)30-4/h5-9H,10-11H2,1-4H3. The third-order valence-corrected chi connectivity index (χ3v) is 4.61. The lowest BCUT2D eigenvalue weighted by molar-refractivity contribution is 0.0425. The molecule has 0 unspecified atom stereocenters. The second-order valence-electron chi connectivity index (χ2n) is 6.91. The molecule has 0 saturated carbocycles. The molecule has 0 aromatic carbocycles. The van der Waals surface area contributed by atoms with E-state index < -0.39 is 23.9 Å². The summed E-state index contributed by atoms with van der Waals surface area (Å²) in [7, 11) is 2.49. The third-order valence-electron chi connectivity index (χ3n) is 4.61. The summed E-state index contributed by atoms with van der Waals surface area (Å²) in [6, 6.07) is 7.00. The van der Waals surface area contributed by atoms with Crippen molar-refractivity contribution in [1.29, 1.82) is 0 Å². The van der Waals surface area contributed by atoms with Gasteiger partial charge in [0, 0.05) is 0 Å². The van der Waals surface area contributed by atoms with Gasteiger partial charge in [0.25, 0.3) is 0 Å². The van der Waals surface area contributed by atoms with Crippen LogP contribution < -0.4 is 0 Å². The summed E-state index contributed by atoms with van der Waals surface area (Å²) in [5, 5.41) is 0. The van der Waals surface area contributed by atoms with Gasteiger partial charge >= 0.3 is 23.9 Å². The summed E-state index contributed by atoms with van der Waals surface area (Å²) in [6.45, 7) is 2.64. The van der Waals surface area contributed by atoms with E-state index in [0.717, 1.165) is 0 Å². The van der Waals surface area contributed by atoms with E-state index >= 15 is 0 Å². The number of aryl methyl sites for hydroxylation is 2. The smallest absolute Gasteiger partial charge is 0.357 e. The van der Waals surface area contributed by atoms with E-state index in [4.69, 9.17) is 18.3 Å². The maximum Gasteiger partial charge on any atom is 0.357 e. The molecule has 0 spiro atoms. The predicted octanol–water partition coefficient (Wildman–Crippen LogP) is 3.17. The molecule has 3 heterocycles. The summed E-state index contributed by atoms with van der Waals surface area (Å²) in [4.78, 5) is 52.0. The van der Waals surface area contributed by atoms with Gasteiger partial charge in [0.2, 0.25) is 0 Å². The number of rotatable bonds is 8. The van der Waals surface area contributed by atoms with Gasteiger partial charge in [0.1, 0.15) is 58.8 Å². The molecule has 0 amide bonds. The van der Waals surface area contributed by atoms with Crippen LogP contribution in [-0.4, -0.2) is 43.1 Å². The second-order valence-corrected chi connectivity index (χ2v) is 6.91. The maximum absolute atomic E-state index is 12.4. The summed E-state index contributed by atoms with van der Waals surface area (Å²) in [5.74, 6) is -1.64. The molecule has 178 valence electrons. The quantitative estimate of drug-likeness (QED) is 0.353. The van der Waals surface area contributed by atoms with Crippen molar-refractivity contribution in [2.75, 3.05) is 14.2 Å². The average Bonchev–Trinajstić information content (AvgIpc) is 3.41. The highest BCUT2D eigenvalue weighted by Gasteiger charge is 2.20. The number of hydrogen-bond donors (Lipinski definition) is 0. The van der Waals surface area contributed by atoms with E-state index in [0.29, 0.717) is 11.5 Å². The normalized spacial score (nSPS) is 10.5. The first-order valence-electron chi connectivity index (χ1n) is 9.90. The van der Waals surface area contributed by atoms with Crippen molar-refractivity contribution in [2.45, 2.75) is 27.1 Å². The van der Waals surface area contributed by atoms with Crippen LogP contribution in [-0.2, 0) is 32.2 Å². The van der Waals surface area contributed by atoms with Crippen LogP contribution in [0.5, 0.6) is 0 Å².